The third-order valence-electron chi connectivity index (χ3n) is 4.26. The largest absolute Gasteiger partial charge is 0.352 e. The average Bonchev–Trinajstić information content (AvgIpc) is 3.04. The number of nitrogens with zero attached hydrogens (tertiary/aromatic N) is 3. The minimum absolute atomic E-state index is 0.226. The Kier molecular flexibility index (Phi) is 4.41. The van der Waals surface area contributed by atoms with Gasteiger partial charge < -0.3 is 4.90 Å². The van der Waals surface area contributed by atoms with Crippen molar-refractivity contribution in [2.24, 2.45) is 0 Å². The van der Waals surface area contributed by atoms with Gasteiger partial charge in [-0.15, -0.1) is 10.1 Å². The Labute approximate surface area is 134 Å². The summed E-state index contributed by atoms with van der Waals surface area (Å²) in [4.78, 5) is 22.5. The van der Waals surface area contributed by atoms with E-state index in [0.29, 0.717) is 17.4 Å². The molecular formula is C17H19N3O3. The van der Waals surface area contributed by atoms with Crippen LogP contribution in [0, 0.1) is 10.1 Å². The number of hydrogen-bond acceptors (Lipinski definition) is 5. The first-order valence-corrected chi connectivity index (χ1v) is 7.84. The molecule has 2 aromatic rings. The van der Waals surface area contributed by atoms with E-state index >= 15 is 0 Å². The first-order chi connectivity index (χ1) is 11.2. The van der Waals surface area contributed by atoms with Crippen LogP contribution in [0.1, 0.15) is 26.2 Å². The lowest BCUT2D eigenvalue weighted by atomic mass is 10.1. The van der Waals surface area contributed by atoms with Crippen LogP contribution in [0.5, 0.6) is 5.75 Å². The van der Waals surface area contributed by atoms with Crippen LogP contribution >= 0.6 is 0 Å². The van der Waals surface area contributed by atoms with Crippen molar-refractivity contribution in [3.05, 3.63) is 52.7 Å². The molecule has 1 aromatic carbocycles. The van der Waals surface area contributed by atoms with Gasteiger partial charge in [-0.1, -0.05) is 37.3 Å². The zero-order valence-electron chi connectivity index (χ0n) is 13.0. The molecule has 0 N–H and O–H groups in total. The highest BCUT2D eigenvalue weighted by Crippen LogP contribution is 2.39. The van der Waals surface area contributed by atoms with Crippen molar-refractivity contribution in [1.82, 2.24) is 4.98 Å². The van der Waals surface area contributed by atoms with E-state index in [0.717, 1.165) is 31.4 Å². The topological polar surface area (TPSA) is 68.5 Å². The second-order valence-electron chi connectivity index (χ2n) is 5.59. The van der Waals surface area contributed by atoms with Gasteiger partial charge in [0.1, 0.15) is 0 Å². The highest BCUT2D eigenvalue weighted by molar-refractivity contribution is 5.76. The van der Waals surface area contributed by atoms with Gasteiger partial charge in [0.05, 0.1) is 0 Å². The van der Waals surface area contributed by atoms with Crippen molar-refractivity contribution in [3.8, 4) is 16.9 Å². The molecule has 23 heavy (non-hydrogen) atoms. The minimum atomic E-state index is -0.760. The molecule has 0 amide bonds. The molecule has 120 valence electrons. The van der Waals surface area contributed by atoms with Crippen LogP contribution < -0.4 is 9.74 Å². The molecule has 0 spiro atoms. The second kappa shape index (κ2) is 6.64. The molecule has 6 nitrogen and oxygen atoms in total. The zero-order chi connectivity index (χ0) is 16.2. The highest BCUT2D eigenvalue weighted by Gasteiger charge is 2.28. The molecule has 1 fully saturated rings. The fourth-order valence-electron chi connectivity index (χ4n) is 3.19. The van der Waals surface area contributed by atoms with Crippen LogP contribution in [0.3, 0.4) is 0 Å². The number of rotatable bonds is 5. The molecular weight excluding hydrogens is 294 g/mol. The fraction of sp³-hybridized carbons (Fsp3) is 0.353. The highest BCUT2D eigenvalue weighted by atomic mass is 17.0. The molecule has 3 rings (SSSR count). The summed E-state index contributed by atoms with van der Waals surface area (Å²) in [6, 6.07) is 11.6. The van der Waals surface area contributed by atoms with Crippen molar-refractivity contribution in [2.75, 3.05) is 11.4 Å². The van der Waals surface area contributed by atoms with E-state index < -0.39 is 5.09 Å². The summed E-state index contributed by atoms with van der Waals surface area (Å²) in [7, 11) is 0. The summed E-state index contributed by atoms with van der Waals surface area (Å²) in [6.45, 7) is 2.97. The summed E-state index contributed by atoms with van der Waals surface area (Å²) in [5.41, 5.74) is 1.56. The Morgan fingerprint density at radius 1 is 1.35 bits per heavy atom. The zero-order valence-corrected chi connectivity index (χ0v) is 13.0. The maximum absolute atomic E-state index is 11.0. The van der Waals surface area contributed by atoms with E-state index in [1.165, 1.54) is 0 Å². The predicted molar refractivity (Wildman–Crippen MR) is 88.0 cm³/mol. The Morgan fingerprint density at radius 2 is 2.13 bits per heavy atom. The van der Waals surface area contributed by atoms with Crippen LogP contribution in [0.4, 0.5) is 5.82 Å². The fourth-order valence-corrected chi connectivity index (χ4v) is 3.19. The standard InChI is InChI=1S/C17H19N3O3/c1-2-14-9-6-12-19(14)17-16(23-20(21)22)15(10-11-18-17)13-7-4-3-5-8-13/h3-5,7-8,10-11,14H,2,6,9,12H2,1H3/t14-/m0/s1. The third kappa shape index (κ3) is 3.11. The van der Waals surface area contributed by atoms with E-state index in [2.05, 4.69) is 16.8 Å². The van der Waals surface area contributed by atoms with E-state index in [1.54, 1.807) is 12.3 Å². The van der Waals surface area contributed by atoms with Crippen molar-refractivity contribution in [1.29, 1.82) is 0 Å². The van der Waals surface area contributed by atoms with Crippen LogP contribution in [-0.2, 0) is 0 Å². The van der Waals surface area contributed by atoms with Crippen LogP contribution in [0.25, 0.3) is 11.1 Å². The van der Waals surface area contributed by atoms with Crippen LogP contribution in [0.2, 0.25) is 0 Å². The number of benzene rings is 1. The third-order valence-corrected chi connectivity index (χ3v) is 4.26. The normalized spacial score (nSPS) is 17.3. The van der Waals surface area contributed by atoms with Gasteiger partial charge in [-0.25, -0.2) is 4.98 Å². The minimum Gasteiger partial charge on any atom is -0.352 e. The molecule has 6 heteroatoms. The Bertz CT molecular complexity index is 691. The number of hydrogen-bond donors (Lipinski definition) is 0. The number of anilines is 1. The Balaban J connectivity index is 2.10. The maximum atomic E-state index is 11.0. The quantitative estimate of drug-likeness (QED) is 0.622. The lowest BCUT2D eigenvalue weighted by Crippen LogP contribution is -2.30. The molecule has 1 aliphatic rings. The molecule has 1 saturated heterocycles. The maximum Gasteiger partial charge on any atom is 0.299 e. The molecule has 0 unspecified atom stereocenters. The van der Waals surface area contributed by atoms with Gasteiger partial charge in [0.25, 0.3) is 5.09 Å². The van der Waals surface area contributed by atoms with Crippen molar-refractivity contribution >= 4 is 5.82 Å². The molecule has 2 heterocycles. The Morgan fingerprint density at radius 3 is 2.83 bits per heavy atom. The van der Waals surface area contributed by atoms with Crippen molar-refractivity contribution in [2.45, 2.75) is 32.2 Å². The van der Waals surface area contributed by atoms with Gasteiger partial charge in [-0.2, -0.15) is 0 Å². The average molecular weight is 313 g/mol. The van der Waals surface area contributed by atoms with Crippen LogP contribution in [0.15, 0.2) is 42.6 Å². The SMILES string of the molecule is CC[C@H]1CCCN1c1nccc(-c2ccccc2)c1O[N+](=O)[O-]. The lowest BCUT2D eigenvalue weighted by Gasteiger charge is -2.27. The monoisotopic (exact) mass is 313 g/mol. The summed E-state index contributed by atoms with van der Waals surface area (Å²) < 4.78 is 0. The summed E-state index contributed by atoms with van der Waals surface area (Å²) in [6.07, 6.45) is 4.81. The molecule has 1 aliphatic heterocycles. The summed E-state index contributed by atoms with van der Waals surface area (Å²) in [5, 5.41) is 10.2. The molecule has 0 aliphatic carbocycles. The number of aromatic nitrogens is 1. The van der Waals surface area contributed by atoms with Crippen molar-refractivity contribution in [3.63, 3.8) is 0 Å². The van der Waals surface area contributed by atoms with Gasteiger partial charge >= 0.3 is 0 Å². The molecule has 0 saturated carbocycles. The first kappa shape index (κ1) is 15.3. The van der Waals surface area contributed by atoms with E-state index in [-0.39, 0.29) is 5.75 Å². The molecule has 1 atom stereocenters. The Hall–Kier alpha value is -2.63. The van der Waals surface area contributed by atoms with E-state index in [4.69, 9.17) is 4.84 Å². The van der Waals surface area contributed by atoms with Gasteiger partial charge in [-0.3, -0.25) is 4.84 Å². The smallest absolute Gasteiger partial charge is 0.299 e. The van der Waals surface area contributed by atoms with Crippen molar-refractivity contribution < 1.29 is 9.92 Å². The van der Waals surface area contributed by atoms with Gasteiger partial charge in [0.2, 0.25) is 0 Å². The lowest BCUT2D eigenvalue weighted by molar-refractivity contribution is -0.710. The van der Waals surface area contributed by atoms with E-state index in [9.17, 15) is 10.1 Å². The van der Waals surface area contributed by atoms with E-state index in [1.807, 2.05) is 30.3 Å². The molecule has 0 radical (unpaired) electrons. The van der Waals surface area contributed by atoms with Gasteiger partial charge in [0, 0.05) is 24.3 Å². The first-order valence-electron chi connectivity index (χ1n) is 7.84. The second-order valence-corrected chi connectivity index (χ2v) is 5.59. The summed E-state index contributed by atoms with van der Waals surface area (Å²) in [5.74, 6) is 0.788. The summed E-state index contributed by atoms with van der Waals surface area (Å²) >= 11 is 0. The van der Waals surface area contributed by atoms with Crippen LogP contribution in [-0.4, -0.2) is 22.7 Å². The number of pyridine rings is 1. The van der Waals surface area contributed by atoms with Gasteiger partial charge in [-0.05, 0) is 30.9 Å². The molecule has 1 aromatic heterocycles. The molecule has 0 bridgehead atoms. The van der Waals surface area contributed by atoms with Gasteiger partial charge in [0.15, 0.2) is 11.6 Å². The predicted octanol–water partition coefficient (Wildman–Crippen LogP) is 3.70.